The van der Waals surface area contributed by atoms with E-state index in [1.807, 2.05) is 0 Å². The molecular weight excluding hydrogens is 477 g/mol. The van der Waals surface area contributed by atoms with Crippen molar-refractivity contribution < 1.29 is 28.2 Å². The average molecular weight is 496 g/mol. The number of urea groups is 1. The van der Waals surface area contributed by atoms with Gasteiger partial charge < -0.3 is 20.1 Å². The van der Waals surface area contributed by atoms with E-state index >= 15 is 0 Å². The van der Waals surface area contributed by atoms with Crippen LogP contribution in [0.4, 0.5) is 20.6 Å². The summed E-state index contributed by atoms with van der Waals surface area (Å²) >= 11 is 5.88. The van der Waals surface area contributed by atoms with Gasteiger partial charge in [-0.15, -0.1) is 0 Å². The second-order valence-corrected chi connectivity index (χ2v) is 7.80. The van der Waals surface area contributed by atoms with E-state index in [4.69, 9.17) is 21.1 Å². The molecule has 3 aromatic carbocycles. The molecule has 0 aromatic heterocycles. The lowest BCUT2D eigenvalue weighted by molar-refractivity contribution is -0.118. The minimum atomic E-state index is -0.581. The van der Waals surface area contributed by atoms with Crippen LogP contribution in [-0.2, 0) is 9.59 Å². The molecule has 0 radical (unpaired) electrons. The molecule has 1 aliphatic heterocycles. The molecule has 0 aliphatic carbocycles. The van der Waals surface area contributed by atoms with Gasteiger partial charge >= 0.3 is 6.03 Å². The molecular formula is C25H19ClFN3O5. The van der Waals surface area contributed by atoms with Crippen LogP contribution >= 0.6 is 11.6 Å². The van der Waals surface area contributed by atoms with E-state index in [1.54, 1.807) is 42.5 Å². The summed E-state index contributed by atoms with van der Waals surface area (Å²) in [6.45, 7) is -0.307. The second kappa shape index (κ2) is 10.3. The fraction of sp³-hybridized carbons (Fsp3) is 0.0800. The van der Waals surface area contributed by atoms with E-state index in [0.29, 0.717) is 33.5 Å². The summed E-state index contributed by atoms with van der Waals surface area (Å²) in [5.74, 6) is -0.746. The summed E-state index contributed by atoms with van der Waals surface area (Å²) in [5.41, 5.74) is 1.47. The van der Waals surface area contributed by atoms with Gasteiger partial charge in [0.2, 0.25) is 0 Å². The topological polar surface area (TPSA) is 97.0 Å². The Bertz CT molecular complexity index is 1310. The van der Waals surface area contributed by atoms with Gasteiger partial charge in [-0.3, -0.25) is 9.59 Å². The minimum Gasteiger partial charge on any atom is -0.493 e. The number of halogens is 2. The maximum absolute atomic E-state index is 13.0. The summed E-state index contributed by atoms with van der Waals surface area (Å²) in [4.78, 5) is 38.3. The summed E-state index contributed by atoms with van der Waals surface area (Å²) in [6.07, 6.45) is 1.50. The number of ether oxygens (including phenoxy) is 2. The number of hydrogen-bond donors (Lipinski definition) is 2. The fourth-order valence-corrected chi connectivity index (χ4v) is 3.42. The summed E-state index contributed by atoms with van der Waals surface area (Å²) < 4.78 is 23.9. The lowest BCUT2D eigenvalue weighted by Crippen LogP contribution is -2.30. The number of rotatable bonds is 7. The van der Waals surface area contributed by atoms with Crippen molar-refractivity contribution in [3.63, 3.8) is 0 Å². The zero-order valence-corrected chi connectivity index (χ0v) is 19.1. The number of anilines is 2. The molecule has 4 amide bonds. The number of amides is 4. The van der Waals surface area contributed by atoms with E-state index in [1.165, 1.54) is 37.5 Å². The van der Waals surface area contributed by atoms with E-state index < -0.39 is 23.7 Å². The van der Waals surface area contributed by atoms with Crippen LogP contribution in [0.25, 0.3) is 6.08 Å². The van der Waals surface area contributed by atoms with Crippen LogP contribution in [0, 0.1) is 5.82 Å². The number of imide groups is 1. The number of carbonyl (C=O) groups is 3. The van der Waals surface area contributed by atoms with E-state index in [0.717, 1.165) is 4.90 Å². The maximum Gasteiger partial charge on any atom is 0.333 e. The molecule has 4 rings (SSSR count). The molecule has 178 valence electrons. The molecule has 1 heterocycles. The van der Waals surface area contributed by atoms with Crippen LogP contribution in [0.2, 0.25) is 5.02 Å². The molecule has 1 fully saturated rings. The van der Waals surface area contributed by atoms with Gasteiger partial charge in [0.15, 0.2) is 18.1 Å². The number of hydrogen-bond acceptors (Lipinski definition) is 5. The predicted octanol–water partition coefficient (Wildman–Crippen LogP) is 4.60. The Labute approximate surface area is 204 Å². The smallest absolute Gasteiger partial charge is 0.333 e. The first-order valence-corrected chi connectivity index (χ1v) is 10.7. The Hall–Kier alpha value is -4.37. The van der Waals surface area contributed by atoms with Gasteiger partial charge in [-0.25, -0.2) is 14.1 Å². The van der Waals surface area contributed by atoms with Crippen LogP contribution < -0.4 is 25.0 Å². The van der Waals surface area contributed by atoms with Crippen LogP contribution in [0.3, 0.4) is 0 Å². The van der Waals surface area contributed by atoms with Gasteiger partial charge in [-0.1, -0.05) is 17.7 Å². The number of benzene rings is 3. The molecule has 0 saturated carbocycles. The highest BCUT2D eigenvalue weighted by atomic mass is 35.5. The highest BCUT2D eigenvalue weighted by Gasteiger charge is 2.34. The summed E-state index contributed by atoms with van der Waals surface area (Å²) in [7, 11) is 1.43. The van der Waals surface area contributed by atoms with Gasteiger partial charge in [0.25, 0.3) is 11.8 Å². The molecule has 3 aromatic rings. The third-order valence-electron chi connectivity index (χ3n) is 4.95. The van der Waals surface area contributed by atoms with E-state index in [-0.39, 0.29) is 12.3 Å². The standard InChI is InChI=1S/C25H19ClFN3O5/c1-34-22-13-15(2-11-21(22)35-14-23(31)28-18-7-5-17(27)6-8-18)12-20-24(32)30(25(33)29-20)19-9-3-16(26)4-10-19/h2-13H,14H2,1H3,(H,28,31)(H,29,33)/b20-12+. The third kappa shape index (κ3) is 5.59. The second-order valence-electron chi connectivity index (χ2n) is 7.36. The number of nitrogens with one attached hydrogen (secondary N) is 2. The predicted molar refractivity (Wildman–Crippen MR) is 129 cm³/mol. The molecule has 2 N–H and O–H groups in total. The van der Waals surface area contributed by atoms with Crippen molar-refractivity contribution in [2.45, 2.75) is 0 Å². The quantitative estimate of drug-likeness (QED) is 0.369. The Morgan fingerprint density at radius 2 is 1.77 bits per heavy atom. The van der Waals surface area contributed by atoms with Crippen LogP contribution in [0.1, 0.15) is 5.56 Å². The highest BCUT2D eigenvalue weighted by molar-refractivity contribution is 6.31. The molecule has 35 heavy (non-hydrogen) atoms. The van der Waals surface area contributed by atoms with Crippen molar-refractivity contribution in [2.75, 3.05) is 23.9 Å². The summed E-state index contributed by atoms with van der Waals surface area (Å²) in [5, 5.41) is 5.63. The lowest BCUT2D eigenvalue weighted by atomic mass is 10.1. The average Bonchev–Trinajstić information content (AvgIpc) is 3.12. The van der Waals surface area contributed by atoms with E-state index in [9.17, 15) is 18.8 Å². The van der Waals surface area contributed by atoms with E-state index in [2.05, 4.69) is 10.6 Å². The zero-order valence-electron chi connectivity index (χ0n) is 18.4. The lowest BCUT2D eigenvalue weighted by Gasteiger charge is -2.12. The highest BCUT2D eigenvalue weighted by Crippen LogP contribution is 2.30. The van der Waals surface area contributed by atoms with Gasteiger partial charge in [0, 0.05) is 10.7 Å². The van der Waals surface area contributed by atoms with Crippen molar-refractivity contribution >= 4 is 46.9 Å². The molecule has 0 bridgehead atoms. The third-order valence-corrected chi connectivity index (χ3v) is 5.20. The van der Waals surface area contributed by atoms with Gasteiger partial charge in [0.1, 0.15) is 11.5 Å². The van der Waals surface area contributed by atoms with Crippen LogP contribution in [0.5, 0.6) is 11.5 Å². The first kappa shape index (κ1) is 23.8. The molecule has 0 spiro atoms. The Kier molecular flexibility index (Phi) is 6.98. The molecule has 10 heteroatoms. The molecule has 1 saturated heterocycles. The molecule has 1 aliphatic rings. The molecule has 0 atom stereocenters. The van der Waals surface area contributed by atoms with Crippen molar-refractivity contribution in [3.8, 4) is 11.5 Å². The van der Waals surface area contributed by atoms with Gasteiger partial charge in [0.05, 0.1) is 12.8 Å². The zero-order chi connectivity index (χ0) is 24.9. The fourth-order valence-electron chi connectivity index (χ4n) is 3.29. The number of methoxy groups -OCH3 is 1. The molecule has 0 unspecified atom stereocenters. The minimum absolute atomic E-state index is 0.0827. The van der Waals surface area contributed by atoms with Crippen molar-refractivity contribution in [2.24, 2.45) is 0 Å². The number of nitrogens with zero attached hydrogens (tertiary/aromatic N) is 1. The Balaban J connectivity index is 1.44. The largest absolute Gasteiger partial charge is 0.493 e. The van der Waals surface area contributed by atoms with Gasteiger partial charge in [-0.05, 0) is 72.3 Å². The van der Waals surface area contributed by atoms with Crippen molar-refractivity contribution in [1.82, 2.24) is 5.32 Å². The van der Waals surface area contributed by atoms with Gasteiger partial charge in [-0.2, -0.15) is 0 Å². The van der Waals surface area contributed by atoms with Crippen LogP contribution in [0.15, 0.2) is 72.4 Å². The first-order chi connectivity index (χ1) is 16.8. The van der Waals surface area contributed by atoms with Crippen LogP contribution in [-0.4, -0.2) is 31.6 Å². The van der Waals surface area contributed by atoms with Crippen molar-refractivity contribution in [3.05, 3.63) is 88.8 Å². The number of carbonyl (C=O) groups excluding carboxylic acids is 3. The molecule has 8 nitrogen and oxygen atoms in total. The maximum atomic E-state index is 13.0. The first-order valence-electron chi connectivity index (χ1n) is 10.3. The Morgan fingerprint density at radius 3 is 2.46 bits per heavy atom. The normalized spacial score (nSPS) is 14.1. The summed E-state index contributed by atoms with van der Waals surface area (Å²) in [6, 6.07) is 15.9. The Morgan fingerprint density at radius 1 is 1.06 bits per heavy atom. The van der Waals surface area contributed by atoms with Crippen molar-refractivity contribution in [1.29, 1.82) is 0 Å². The monoisotopic (exact) mass is 495 g/mol. The SMILES string of the molecule is COc1cc(/C=C2/NC(=O)N(c3ccc(Cl)cc3)C2=O)ccc1OCC(=O)Nc1ccc(F)cc1.